The van der Waals surface area contributed by atoms with E-state index >= 15 is 0 Å². The van der Waals surface area contributed by atoms with E-state index in [0.717, 1.165) is 43.2 Å². The molecule has 1 amide bonds. The van der Waals surface area contributed by atoms with Crippen LogP contribution < -0.4 is 15.4 Å². The van der Waals surface area contributed by atoms with Gasteiger partial charge in [0.05, 0.1) is 13.2 Å². The minimum Gasteiger partial charge on any atom is -0.492 e. The first-order valence-corrected chi connectivity index (χ1v) is 10.8. The third-order valence-corrected chi connectivity index (χ3v) is 4.83. The maximum atomic E-state index is 11.8. The Bertz CT molecular complexity index is 672. The average molecular weight is 420 g/mol. The number of benzene rings is 1. The van der Waals surface area contributed by atoms with Gasteiger partial charge in [0.15, 0.2) is 5.96 Å². The Morgan fingerprint density at radius 1 is 1.27 bits per heavy atom. The third-order valence-electron chi connectivity index (χ3n) is 4.83. The van der Waals surface area contributed by atoms with Crippen molar-refractivity contribution < 1.29 is 14.3 Å². The van der Waals surface area contributed by atoms with Crippen molar-refractivity contribution in [2.45, 2.75) is 39.3 Å². The van der Waals surface area contributed by atoms with Gasteiger partial charge in [0, 0.05) is 32.2 Å². The molecule has 1 aliphatic heterocycles. The van der Waals surface area contributed by atoms with E-state index in [0.29, 0.717) is 32.8 Å². The van der Waals surface area contributed by atoms with Crippen molar-refractivity contribution in [3.8, 4) is 5.75 Å². The van der Waals surface area contributed by atoms with E-state index in [1.54, 1.807) is 4.90 Å². The quantitative estimate of drug-likeness (QED) is 0.472. The zero-order valence-electron chi connectivity index (χ0n) is 18.8. The minimum absolute atomic E-state index is 0.218. The normalized spacial score (nSPS) is 15.2. The van der Waals surface area contributed by atoms with Gasteiger partial charge < -0.3 is 29.9 Å². The fraction of sp³-hybridized carbons (Fsp3) is 0.636. The number of hydrogen-bond donors (Lipinski definition) is 2. The molecule has 1 heterocycles. The highest BCUT2D eigenvalue weighted by molar-refractivity contribution is 5.80. The lowest BCUT2D eigenvalue weighted by Gasteiger charge is -2.32. The molecule has 0 aliphatic carbocycles. The number of nitrogens with zero attached hydrogens (tertiary/aromatic N) is 3. The number of hydrogen-bond acceptors (Lipinski definition) is 5. The fourth-order valence-electron chi connectivity index (χ4n) is 3.18. The predicted octanol–water partition coefficient (Wildman–Crippen LogP) is 2.30. The van der Waals surface area contributed by atoms with E-state index in [1.165, 1.54) is 0 Å². The molecule has 30 heavy (non-hydrogen) atoms. The van der Waals surface area contributed by atoms with Crippen molar-refractivity contribution in [2.24, 2.45) is 4.99 Å². The van der Waals surface area contributed by atoms with Gasteiger partial charge in [-0.3, -0.25) is 0 Å². The van der Waals surface area contributed by atoms with Crippen molar-refractivity contribution in [1.29, 1.82) is 0 Å². The predicted molar refractivity (Wildman–Crippen MR) is 120 cm³/mol. The Labute approximate surface area is 180 Å². The highest BCUT2D eigenvalue weighted by Gasteiger charge is 2.24. The Morgan fingerprint density at radius 2 is 2.03 bits per heavy atom. The number of nitrogens with one attached hydrogen (secondary N) is 2. The SMILES string of the molecule is CCNC(=NCc1cccc(OCCN(C)C)c1)NC1CCN(C(=O)OCC)CC1. The molecule has 1 aliphatic rings. The standard InChI is InChI=1S/C22H37N5O3/c1-5-23-21(25-19-10-12-27(13-11-19)22(28)29-6-2)24-17-18-8-7-9-20(16-18)30-15-14-26(3)4/h7-9,16,19H,5-6,10-15,17H2,1-4H3,(H2,23,24,25). The van der Waals surface area contributed by atoms with E-state index in [2.05, 4.69) is 28.5 Å². The van der Waals surface area contributed by atoms with Crippen LogP contribution >= 0.6 is 0 Å². The van der Waals surface area contributed by atoms with Gasteiger partial charge in [0.25, 0.3) is 0 Å². The molecule has 0 spiro atoms. The van der Waals surface area contributed by atoms with Crippen molar-refractivity contribution in [2.75, 3.05) is 53.5 Å². The number of carbonyl (C=O) groups excluding carboxylic acids is 1. The van der Waals surface area contributed by atoms with Gasteiger partial charge in [-0.15, -0.1) is 0 Å². The van der Waals surface area contributed by atoms with Crippen LogP contribution in [0.5, 0.6) is 5.75 Å². The van der Waals surface area contributed by atoms with Crippen LogP contribution in [0.3, 0.4) is 0 Å². The van der Waals surface area contributed by atoms with Crippen LogP contribution in [-0.4, -0.2) is 81.4 Å². The molecule has 0 unspecified atom stereocenters. The molecule has 168 valence electrons. The first kappa shape index (κ1) is 23.8. The lowest BCUT2D eigenvalue weighted by atomic mass is 10.1. The Kier molecular flexibility index (Phi) is 10.3. The topological polar surface area (TPSA) is 78.4 Å². The van der Waals surface area contributed by atoms with Crippen molar-refractivity contribution in [3.63, 3.8) is 0 Å². The molecule has 1 aromatic carbocycles. The summed E-state index contributed by atoms with van der Waals surface area (Å²) in [6.07, 6.45) is 1.53. The van der Waals surface area contributed by atoms with Crippen molar-refractivity contribution in [3.05, 3.63) is 29.8 Å². The van der Waals surface area contributed by atoms with E-state index in [-0.39, 0.29) is 12.1 Å². The molecule has 0 saturated carbocycles. The Hall–Kier alpha value is -2.48. The Morgan fingerprint density at radius 3 is 2.70 bits per heavy atom. The molecular weight excluding hydrogens is 382 g/mol. The molecule has 0 aromatic heterocycles. The molecule has 2 N–H and O–H groups in total. The van der Waals surface area contributed by atoms with Crippen molar-refractivity contribution >= 4 is 12.1 Å². The molecule has 1 aromatic rings. The molecule has 1 fully saturated rings. The monoisotopic (exact) mass is 419 g/mol. The summed E-state index contributed by atoms with van der Waals surface area (Å²) < 4.78 is 10.9. The summed E-state index contributed by atoms with van der Waals surface area (Å²) in [5.74, 6) is 1.67. The summed E-state index contributed by atoms with van der Waals surface area (Å²) in [5, 5.41) is 6.82. The summed E-state index contributed by atoms with van der Waals surface area (Å²) in [4.78, 5) is 20.5. The van der Waals surface area contributed by atoms with Gasteiger partial charge in [-0.05, 0) is 58.5 Å². The highest BCUT2D eigenvalue weighted by Crippen LogP contribution is 2.15. The molecule has 0 atom stereocenters. The molecule has 8 heteroatoms. The van der Waals surface area contributed by atoms with Crippen LogP contribution in [0.25, 0.3) is 0 Å². The number of aliphatic imine (C=N–C) groups is 1. The first-order valence-electron chi connectivity index (χ1n) is 10.8. The summed E-state index contributed by atoms with van der Waals surface area (Å²) in [7, 11) is 4.06. The van der Waals surface area contributed by atoms with Crippen LogP contribution in [0.4, 0.5) is 4.79 Å². The zero-order chi connectivity index (χ0) is 21.8. The summed E-state index contributed by atoms with van der Waals surface area (Å²) in [6.45, 7) is 8.60. The van der Waals surface area contributed by atoms with Crippen molar-refractivity contribution in [1.82, 2.24) is 20.4 Å². The van der Waals surface area contributed by atoms with Crippen LogP contribution in [-0.2, 0) is 11.3 Å². The second kappa shape index (κ2) is 13.0. The summed E-state index contributed by atoms with van der Waals surface area (Å²) in [6, 6.07) is 8.36. The maximum Gasteiger partial charge on any atom is 0.409 e. The van der Waals surface area contributed by atoms with E-state index in [4.69, 9.17) is 14.5 Å². The van der Waals surface area contributed by atoms with E-state index in [9.17, 15) is 4.79 Å². The van der Waals surface area contributed by atoms with Gasteiger partial charge in [0.1, 0.15) is 12.4 Å². The highest BCUT2D eigenvalue weighted by atomic mass is 16.6. The fourth-order valence-corrected chi connectivity index (χ4v) is 3.18. The van der Waals surface area contributed by atoms with E-state index < -0.39 is 0 Å². The molecule has 0 bridgehead atoms. The van der Waals surface area contributed by atoms with Crippen LogP contribution in [0.15, 0.2) is 29.3 Å². The van der Waals surface area contributed by atoms with Gasteiger partial charge in [0.2, 0.25) is 0 Å². The number of amides is 1. The summed E-state index contributed by atoms with van der Waals surface area (Å²) in [5.41, 5.74) is 1.10. The van der Waals surface area contributed by atoms with E-state index in [1.807, 2.05) is 39.2 Å². The van der Waals surface area contributed by atoms with Gasteiger partial charge >= 0.3 is 6.09 Å². The molecular formula is C22H37N5O3. The van der Waals surface area contributed by atoms with Crippen LogP contribution in [0.2, 0.25) is 0 Å². The largest absolute Gasteiger partial charge is 0.492 e. The summed E-state index contributed by atoms with van der Waals surface area (Å²) >= 11 is 0. The van der Waals surface area contributed by atoms with Gasteiger partial charge in [-0.1, -0.05) is 12.1 Å². The Balaban J connectivity index is 1.87. The maximum absolute atomic E-state index is 11.8. The van der Waals surface area contributed by atoms with Gasteiger partial charge in [-0.2, -0.15) is 0 Å². The molecule has 0 radical (unpaired) electrons. The zero-order valence-corrected chi connectivity index (χ0v) is 18.8. The van der Waals surface area contributed by atoms with Crippen LogP contribution in [0.1, 0.15) is 32.3 Å². The number of rotatable bonds is 9. The lowest BCUT2D eigenvalue weighted by Crippen LogP contribution is -2.49. The van der Waals surface area contributed by atoms with Crippen LogP contribution in [0, 0.1) is 0 Å². The van der Waals surface area contributed by atoms with Gasteiger partial charge in [-0.25, -0.2) is 9.79 Å². The minimum atomic E-state index is -0.218. The third kappa shape index (κ3) is 8.49. The number of ether oxygens (including phenoxy) is 2. The lowest BCUT2D eigenvalue weighted by molar-refractivity contribution is 0.0963. The second-order valence-electron chi connectivity index (χ2n) is 7.60. The molecule has 2 rings (SSSR count). The number of piperidine rings is 1. The first-order chi connectivity index (χ1) is 14.5. The second-order valence-corrected chi connectivity index (χ2v) is 7.60. The number of likely N-dealkylation sites (tertiary alicyclic amines) is 1. The number of carbonyl (C=O) groups is 1. The number of guanidine groups is 1. The smallest absolute Gasteiger partial charge is 0.409 e. The molecule has 1 saturated heterocycles. The average Bonchev–Trinajstić information content (AvgIpc) is 2.73. The molecule has 8 nitrogen and oxygen atoms in total. The number of likely N-dealkylation sites (N-methyl/N-ethyl adjacent to an activating group) is 1.